The van der Waals surface area contributed by atoms with E-state index in [9.17, 15) is 14.4 Å². The van der Waals surface area contributed by atoms with Gasteiger partial charge in [-0.1, -0.05) is 6.08 Å². The highest BCUT2D eigenvalue weighted by Gasteiger charge is 2.05. The van der Waals surface area contributed by atoms with Crippen LogP contribution in [0.5, 0.6) is 0 Å². The maximum Gasteiger partial charge on any atom is 0.330 e. The molecule has 0 spiro atoms. The molecule has 0 aliphatic rings. The van der Waals surface area contributed by atoms with E-state index < -0.39 is 5.97 Å². The Kier molecular flexibility index (Phi) is 4.65. The summed E-state index contributed by atoms with van der Waals surface area (Å²) in [5, 5.41) is 2.44. The van der Waals surface area contributed by atoms with Crippen LogP contribution >= 0.6 is 0 Å². The molecule has 1 rings (SSSR count). The molecule has 1 heterocycles. The second-order valence-electron chi connectivity index (χ2n) is 3.76. The Bertz CT molecular complexity index is 581. The van der Waals surface area contributed by atoms with Gasteiger partial charge in [0.05, 0.1) is 13.2 Å². The number of rotatable bonds is 4. The van der Waals surface area contributed by atoms with Gasteiger partial charge < -0.3 is 4.74 Å². The van der Waals surface area contributed by atoms with Crippen LogP contribution < -0.4 is 11.1 Å². The molecule has 0 aromatic carbocycles. The fourth-order valence-electron chi connectivity index (χ4n) is 1.36. The number of esters is 1. The van der Waals surface area contributed by atoms with Crippen LogP contribution in [0.25, 0.3) is 0 Å². The van der Waals surface area contributed by atoms with Crippen molar-refractivity contribution < 1.29 is 9.53 Å². The van der Waals surface area contributed by atoms with Crippen molar-refractivity contribution in [1.82, 2.24) is 9.78 Å². The quantitative estimate of drug-likeness (QED) is 0.616. The van der Waals surface area contributed by atoms with Crippen molar-refractivity contribution in [3.63, 3.8) is 0 Å². The van der Waals surface area contributed by atoms with E-state index in [1.165, 1.54) is 12.2 Å². The van der Waals surface area contributed by atoms with E-state index in [2.05, 4.69) is 5.10 Å². The zero-order valence-electron chi connectivity index (χ0n) is 10.6. The van der Waals surface area contributed by atoms with Gasteiger partial charge in [-0.3, -0.25) is 14.7 Å². The minimum absolute atomic E-state index is 0.119. The Labute approximate surface area is 104 Å². The molecule has 0 aliphatic carbocycles. The van der Waals surface area contributed by atoms with Gasteiger partial charge in [0.25, 0.3) is 11.1 Å². The Morgan fingerprint density at radius 1 is 1.33 bits per heavy atom. The van der Waals surface area contributed by atoms with E-state index in [0.717, 1.165) is 4.68 Å². The van der Waals surface area contributed by atoms with Crippen LogP contribution in [0.1, 0.15) is 18.1 Å². The third kappa shape index (κ3) is 3.19. The Hall–Kier alpha value is -2.11. The molecule has 0 saturated heterocycles. The van der Waals surface area contributed by atoms with Crippen molar-refractivity contribution in [1.29, 1.82) is 0 Å². The lowest BCUT2D eigenvalue weighted by molar-refractivity contribution is -0.137. The average Bonchev–Trinajstić information content (AvgIpc) is 2.33. The number of nitrogens with zero attached hydrogens (tertiary/aromatic N) is 1. The van der Waals surface area contributed by atoms with Gasteiger partial charge in [0.2, 0.25) is 0 Å². The lowest BCUT2D eigenvalue weighted by atomic mass is 10.2. The summed E-state index contributed by atoms with van der Waals surface area (Å²) >= 11 is 0. The smallest absolute Gasteiger partial charge is 0.330 e. The fourth-order valence-corrected chi connectivity index (χ4v) is 1.36. The van der Waals surface area contributed by atoms with Gasteiger partial charge in [-0.25, -0.2) is 9.48 Å². The second-order valence-corrected chi connectivity index (χ2v) is 3.76. The van der Waals surface area contributed by atoms with Gasteiger partial charge in [-0.05, 0) is 20.8 Å². The zero-order chi connectivity index (χ0) is 13.7. The number of carbonyl (C=O) groups is 1. The molecule has 0 amide bonds. The summed E-state index contributed by atoms with van der Waals surface area (Å²) in [4.78, 5) is 34.3. The summed E-state index contributed by atoms with van der Waals surface area (Å²) in [5.74, 6) is -0.475. The molecular weight excluding hydrogens is 236 g/mol. The molecule has 6 heteroatoms. The first-order valence-electron chi connectivity index (χ1n) is 5.61. The van der Waals surface area contributed by atoms with Gasteiger partial charge in [-0.15, -0.1) is 0 Å². The highest BCUT2D eigenvalue weighted by atomic mass is 16.5. The van der Waals surface area contributed by atoms with Crippen LogP contribution in [-0.4, -0.2) is 22.4 Å². The predicted molar refractivity (Wildman–Crippen MR) is 66.6 cm³/mol. The van der Waals surface area contributed by atoms with Crippen LogP contribution in [0.15, 0.2) is 21.7 Å². The molecule has 98 valence electrons. The van der Waals surface area contributed by atoms with Crippen LogP contribution in [0, 0.1) is 13.8 Å². The van der Waals surface area contributed by atoms with E-state index >= 15 is 0 Å². The number of aromatic nitrogens is 2. The van der Waals surface area contributed by atoms with Crippen molar-refractivity contribution >= 4 is 5.97 Å². The Balaban J connectivity index is 2.90. The molecule has 0 bridgehead atoms. The van der Waals surface area contributed by atoms with Crippen molar-refractivity contribution in [3.05, 3.63) is 44.0 Å². The topological polar surface area (TPSA) is 81.2 Å². The van der Waals surface area contributed by atoms with Gasteiger partial charge in [0, 0.05) is 17.2 Å². The second kappa shape index (κ2) is 6.00. The van der Waals surface area contributed by atoms with Gasteiger partial charge >= 0.3 is 5.97 Å². The van der Waals surface area contributed by atoms with E-state index in [1.54, 1.807) is 20.8 Å². The van der Waals surface area contributed by atoms with Crippen LogP contribution in [0.4, 0.5) is 0 Å². The summed E-state index contributed by atoms with van der Waals surface area (Å²) in [6.45, 7) is 5.31. The van der Waals surface area contributed by atoms with Crippen molar-refractivity contribution in [2.45, 2.75) is 27.3 Å². The molecule has 1 N–H and O–H groups in total. The number of ether oxygens (including phenoxy) is 1. The van der Waals surface area contributed by atoms with E-state index in [4.69, 9.17) is 4.74 Å². The summed E-state index contributed by atoms with van der Waals surface area (Å²) in [6.07, 6.45) is 2.69. The molecule has 0 unspecified atom stereocenters. The number of allylic oxidation sites excluding steroid dienone is 1. The third-order valence-electron chi connectivity index (χ3n) is 2.53. The molecule has 1 aromatic rings. The van der Waals surface area contributed by atoms with Gasteiger partial charge in [-0.2, -0.15) is 0 Å². The van der Waals surface area contributed by atoms with Crippen molar-refractivity contribution in [2.75, 3.05) is 6.61 Å². The van der Waals surface area contributed by atoms with Gasteiger partial charge in [0.15, 0.2) is 0 Å². The Morgan fingerprint density at radius 3 is 2.61 bits per heavy atom. The number of hydrogen-bond donors (Lipinski definition) is 1. The van der Waals surface area contributed by atoms with E-state index in [-0.39, 0.29) is 17.7 Å². The van der Waals surface area contributed by atoms with Crippen LogP contribution in [0.2, 0.25) is 0 Å². The monoisotopic (exact) mass is 252 g/mol. The molecule has 0 fully saturated rings. The number of aromatic amines is 1. The lowest BCUT2D eigenvalue weighted by Gasteiger charge is -2.05. The van der Waals surface area contributed by atoms with Crippen molar-refractivity contribution in [2.24, 2.45) is 0 Å². The molecule has 1 aromatic heterocycles. The SMILES string of the molecule is CCOC(=O)/C=C/Cn1[nH]c(=O)c(C)c(C)c1=O. The fraction of sp³-hybridized carbons (Fsp3) is 0.417. The maximum atomic E-state index is 11.8. The standard InChI is InChI=1S/C12H16N2O4/c1-4-18-10(15)6-5-7-14-12(17)9(3)8(2)11(16)13-14/h5-6H,4,7H2,1-3H3,(H,13,16)/b6-5+. The number of carbonyl (C=O) groups excluding carboxylic acids is 1. The van der Waals surface area contributed by atoms with Crippen molar-refractivity contribution in [3.8, 4) is 0 Å². The number of H-pyrrole nitrogens is 1. The molecule has 0 aliphatic heterocycles. The summed E-state index contributed by atoms with van der Waals surface area (Å²) in [5.41, 5.74) is 0.228. The number of hydrogen-bond acceptors (Lipinski definition) is 4. The molecule has 0 atom stereocenters. The van der Waals surface area contributed by atoms with Crippen LogP contribution in [0.3, 0.4) is 0 Å². The minimum Gasteiger partial charge on any atom is -0.463 e. The first kappa shape index (κ1) is 14.0. The highest BCUT2D eigenvalue weighted by Crippen LogP contribution is 1.91. The zero-order valence-corrected chi connectivity index (χ0v) is 10.6. The maximum absolute atomic E-state index is 11.8. The van der Waals surface area contributed by atoms with E-state index in [1.807, 2.05) is 0 Å². The normalized spacial score (nSPS) is 10.8. The van der Waals surface area contributed by atoms with Crippen LogP contribution in [-0.2, 0) is 16.1 Å². The predicted octanol–water partition coefficient (Wildman–Crippen LogP) is 0.273. The Morgan fingerprint density at radius 2 is 2.00 bits per heavy atom. The summed E-state index contributed by atoms with van der Waals surface area (Å²) in [7, 11) is 0. The van der Waals surface area contributed by atoms with Gasteiger partial charge in [0.1, 0.15) is 0 Å². The molecular formula is C12H16N2O4. The third-order valence-corrected chi connectivity index (χ3v) is 2.53. The molecule has 0 radical (unpaired) electrons. The molecule has 6 nitrogen and oxygen atoms in total. The lowest BCUT2D eigenvalue weighted by Crippen LogP contribution is -2.32. The summed E-state index contributed by atoms with van der Waals surface area (Å²) < 4.78 is 5.84. The van der Waals surface area contributed by atoms with E-state index in [0.29, 0.717) is 17.7 Å². The first-order valence-corrected chi connectivity index (χ1v) is 5.61. The molecule has 0 saturated carbocycles. The minimum atomic E-state index is -0.475. The largest absolute Gasteiger partial charge is 0.463 e. The molecule has 18 heavy (non-hydrogen) atoms. The summed E-state index contributed by atoms with van der Waals surface area (Å²) in [6, 6.07) is 0. The highest BCUT2D eigenvalue weighted by molar-refractivity contribution is 5.81. The first-order chi connectivity index (χ1) is 8.47. The number of nitrogens with one attached hydrogen (secondary N) is 1. The average molecular weight is 252 g/mol.